The zero-order valence-corrected chi connectivity index (χ0v) is 12.3. The third kappa shape index (κ3) is 3.05. The van der Waals surface area contributed by atoms with Crippen LogP contribution < -0.4 is 11.1 Å². The van der Waals surface area contributed by atoms with Crippen LogP contribution in [0.5, 0.6) is 0 Å². The van der Waals surface area contributed by atoms with Crippen LogP contribution in [0.4, 0.5) is 11.4 Å². The second-order valence-electron chi connectivity index (χ2n) is 4.20. The number of halogens is 1. The Balaban J connectivity index is 2.42. The highest BCUT2D eigenvalue weighted by atomic mass is 35.5. The van der Waals surface area contributed by atoms with E-state index in [1.807, 2.05) is 25.4 Å². The van der Waals surface area contributed by atoms with Gasteiger partial charge in [-0.25, -0.2) is 0 Å². The maximum atomic E-state index is 6.02. The highest BCUT2D eigenvalue weighted by Gasteiger charge is 2.10. The summed E-state index contributed by atoms with van der Waals surface area (Å²) >= 11 is 11.1. The van der Waals surface area contributed by atoms with Crippen LogP contribution >= 0.6 is 23.8 Å². The van der Waals surface area contributed by atoms with Crippen molar-refractivity contribution in [1.82, 2.24) is 9.78 Å². The topological polar surface area (TPSA) is 55.9 Å². The summed E-state index contributed by atoms with van der Waals surface area (Å²) in [6.45, 7) is 2.06. The van der Waals surface area contributed by atoms with E-state index in [-0.39, 0.29) is 0 Å². The summed E-state index contributed by atoms with van der Waals surface area (Å²) < 4.78 is 1.77. The van der Waals surface area contributed by atoms with Gasteiger partial charge in [-0.2, -0.15) is 5.10 Å². The molecule has 0 fully saturated rings. The van der Waals surface area contributed by atoms with E-state index >= 15 is 0 Å². The molecule has 1 aromatic heterocycles. The van der Waals surface area contributed by atoms with Crippen molar-refractivity contribution in [3.05, 3.63) is 40.7 Å². The lowest BCUT2D eigenvalue weighted by Gasteiger charge is -2.11. The van der Waals surface area contributed by atoms with Crippen LogP contribution in [0.25, 0.3) is 0 Å². The molecule has 0 bridgehead atoms. The number of thiocarbonyl (C=S) groups is 1. The van der Waals surface area contributed by atoms with E-state index in [0.717, 1.165) is 29.1 Å². The van der Waals surface area contributed by atoms with E-state index in [0.29, 0.717) is 10.0 Å². The number of hydrogen-bond acceptors (Lipinski definition) is 3. The molecule has 0 amide bonds. The number of nitrogens with two attached hydrogens (primary N) is 1. The minimum absolute atomic E-state index is 0.334. The maximum absolute atomic E-state index is 6.02. The van der Waals surface area contributed by atoms with Crippen molar-refractivity contribution in [2.75, 3.05) is 5.32 Å². The zero-order chi connectivity index (χ0) is 14.0. The highest BCUT2D eigenvalue weighted by molar-refractivity contribution is 7.80. The molecular weight excluding hydrogens is 280 g/mol. The van der Waals surface area contributed by atoms with Gasteiger partial charge >= 0.3 is 0 Å². The standard InChI is InChI=1S/C13H15ClN4S/c1-3-10-12(7-18(2)17-10)16-11-6-8(14)4-5-9(11)13(15)19/h4-7,16H,3H2,1-2H3,(H2,15,19). The lowest BCUT2D eigenvalue weighted by Crippen LogP contribution is -2.12. The average Bonchev–Trinajstić information content (AvgIpc) is 2.69. The number of nitrogens with one attached hydrogen (secondary N) is 1. The van der Waals surface area contributed by atoms with E-state index in [4.69, 9.17) is 29.6 Å². The van der Waals surface area contributed by atoms with E-state index in [9.17, 15) is 0 Å². The van der Waals surface area contributed by atoms with Gasteiger partial charge in [0.05, 0.1) is 17.1 Å². The molecule has 0 aliphatic carbocycles. The zero-order valence-electron chi connectivity index (χ0n) is 10.8. The van der Waals surface area contributed by atoms with Gasteiger partial charge in [0.1, 0.15) is 4.99 Å². The molecule has 6 heteroatoms. The summed E-state index contributed by atoms with van der Waals surface area (Å²) in [7, 11) is 1.89. The number of nitrogens with zero attached hydrogens (tertiary/aromatic N) is 2. The first kappa shape index (κ1) is 13.8. The van der Waals surface area contributed by atoms with Gasteiger partial charge in [0, 0.05) is 23.8 Å². The summed E-state index contributed by atoms with van der Waals surface area (Å²) in [6, 6.07) is 5.39. The molecule has 1 aromatic carbocycles. The quantitative estimate of drug-likeness (QED) is 0.851. The second kappa shape index (κ2) is 5.59. The lowest BCUT2D eigenvalue weighted by atomic mass is 10.1. The van der Waals surface area contributed by atoms with Gasteiger partial charge < -0.3 is 11.1 Å². The largest absolute Gasteiger partial charge is 0.389 e. The number of aromatic nitrogens is 2. The van der Waals surface area contributed by atoms with Gasteiger partial charge in [-0.05, 0) is 24.6 Å². The fraction of sp³-hybridized carbons (Fsp3) is 0.231. The Morgan fingerprint density at radius 3 is 2.84 bits per heavy atom. The molecule has 0 radical (unpaired) electrons. The lowest BCUT2D eigenvalue weighted by molar-refractivity contribution is 0.746. The summed E-state index contributed by atoms with van der Waals surface area (Å²) in [6.07, 6.45) is 2.76. The van der Waals surface area contributed by atoms with Crippen molar-refractivity contribution < 1.29 is 0 Å². The van der Waals surface area contributed by atoms with Crippen molar-refractivity contribution in [3.8, 4) is 0 Å². The molecule has 2 rings (SSSR count). The first-order valence-corrected chi connectivity index (χ1v) is 6.68. The van der Waals surface area contributed by atoms with Gasteiger partial charge in [0.25, 0.3) is 0 Å². The number of rotatable bonds is 4. The number of anilines is 2. The van der Waals surface area contributed by atoms with Crippen LogP contribution in [-0.4, -0.2) is 14.8 Å². The van der Waals surface area contributed by atoms with Gasteiger partial charge in [-0.15, -0.1) is 0 Å². The summed E-state index contributed by atoms with van der Waals surface area (Å²) in [4.78, 5) is 0.334. The van der Waals surface area contributed by atoms with Crippen molar-refractivity contribution in [2.45, 2.75) is 13.3 Å². The third-order valence-electron chi connectivity index (χ3n) is 2.76. The van der Waals surface area contributed by atoms with Gasteiger partial charge in [-0.3, -0.25) is 4.68 Å². The van der Waals surface area contributed by atoms with Crippen molar-refractivity contribution in [3.63, 3.8) is 0 Å². The SMILES string of the molecule is CCc1nn(C)cc1Nc1cc(Cl)ccc1C(N)=S. The predicted octanol–water partition coefficient (Wildman–Crippen LogP) is 3.01. The molecule has 19 heavy (non-hydrogen) atoms. The third-order valence-corrected chi connectivity index (χ3v) is 3.21. The van der Waals surface area contributed by atoms with Crippen LogP contribution in [0, 0.1) is 0 Å². The first-order valence-electron chi connectivity index (χ1n) is 5.90. The summed E-state index contributed by atoms with van der Waals surface area (Å²) in [5, 5.41) is 8.31. The van der Waals surface area contributed by atoms with E-state index in [1.54, 1.807) is 10.7 Å². The van der Waals surface area contributed by atoms with Crippen molar-refractivity contribution in [1.29, 1.82) is 0 Å². The maximum Gasteiger partial charge on any atom is 0.106 e. The van der Waals surface area contributed by atoms with Gasteiger partial charge in [-0.1, -0.05) is 30.7 Å². The number of benzene rings is 1. The normalized spacial score (nSPS) is 10.5. The molecule has 0 atom stereocenters. The van der Waals surface area contributed by atoms with Crippen LogP contribution in [0.3, 0.4) is 0 Å². The molecule has 4 nitrogen and oxygen atoms in total. The first-order chi connectivity index (χ1) is 9.01. The Morgan fingerprint density at radius 2 is 2.21 bits per heavy atom. The average molecular weight is 295 g/mol. The molecule has 2 aromatic rings. The smallest absolute Gasteiger partial charge is 0.106 e. The molecule has 100 valence electrons. The molecule has 1 heterocycles. The molecule has 0 aliphatic rings. The Bertz CT molecular complexity index is 621. The fourth-order valence-electron chi connectivity index (χ4n) is 1.88. The Morgan fingerprint density at radius 1 is 1.47 bits per heavy atom. The Kier molecular flexibility index (Phi) is 4.07. The van der Waals surface area contributed by atoms with E-state index < -0.39 is 0 Å². The highest BCUT2D eigenvalue weighted by Crippen LogP contribution is 2.26. The monoisotopic (exact) mass is 294 g/mol. The second-order valence-corrected chi connectivity index (χ2v) is 5.07. The molecule has 0 aliphatic heterocycles. The Labute approximate surface area is 122 Å². The molecule has 0 saturated carbocycles. The van der Waals surface area contributed by atoms with E-state index in [2.05, 4.69) is 17.3 Å². The minimum atomic E-state index is 0.334. The minimum Gasteiger partial charge on any atom is -0.389 e. The molecular formula is C13H15ClN4S. The predicted molar refractivity (Wildman–Crippen MR) is 83.2 cm³/mol. The number of hydrogen-bond donors (Lipinski definition) is 2. The van der Waals surface area contributed by atoms with Crippen LogP contribution in [-0.2, 0) is 13.5 Å². The van der Waals surface area contributed by atoms with Crippen molar-refractivity contribution >= 4 is 40.2 Å². The fourth-order valence-corrected chi connectivity index (χ4v) is 2.23. The Hall–Kier alpha value is -1.59. The molecule has 0 spiro atoms. The summed E-state index contributed by atoms with van der Waals surface area (Å²) in [5.74, 6) is 0. The van der Waals surface area contributed by atoms with Gasteiger partial charge in [0.15, 0.2) is 0 Å². The number of aryl methyl sites for hydroxylation is 2. The van der Waals surface area contributed by atoms with Gasteiger partial charge in [0.2, 0.25) is 0 Å². The van der Waals surface area contributed by atoms with Crippen LogP contribution in [0.2, 0.25) is 5.02 Å². The molecule has 0 unspecified atom stereocenters. The molecule has 3 N–H and O–H groups in total. The van der Waals surface area contributed by atoms with Crippen molar-refractivity contribution in [2.24, 2.45) is 12.8 Å². The van der Waals surface area contributed by atoms with E-state index in [1.165, 1.54) is 0 Å². The van der Waals surface area contributed by atoms with Crippen LogP contribution in [0.15, 0.2) is 24.4 Å². The molecule has 0 saturated heterocycles. The summed E-state index contributed by atoms with van der Waals surface area (Å²) in [5.41, 5.74) is 9.20. The van der Waals surface area contributed by atoms with Crippen LogP contribution in [0.1, 0.15) is 18.2 Å².